The van der Waals surface area contributed by atoms with Crippen molar-refractivity contribution < 1.29 is 0 Å². The number of anilines is 2. The Morgan fingerprint density at radius 2 is 1.82 bits per heavy atom. The molecule has 88 valence electrons. The van der Waals surface area contributed by atoms with Gasteiger partial charge in [-0.3, -0.25) is 0 Å². The van der Waals surface area contributed by atoms with Gasteiger partial charge in [0.05, 0.1) is 5.02 Å². The Labute approximate surface area is 112 Å². The molecule has 4 N–H and O–H groups in total. The third kappa shape index (κ3) is 3.15. The maximum absolute atomic E-state index is 6.04. The van der Waals surface area contributed by atoms with E-state index < -0.39 is 0 Å². The number of nitrogen functional groups attached to an aromatic ring is 2. The van der Waals surface area contributed by atoms with Gasteiger partial charge in [-0.2, -0.15) is 4.98 Å². The van der Waals surface area contributed by atoms with Crippen LogP contribution in [0.25, 0.3) is 0 Å². The van der Waals surface area contributed by atoms with Crippen molar-refractivity contribution in [2.75, 3.05) is 11.5 Å². The van der Waals surface area contributed by atoms with Gasteiger partial charge in [0.2, 0.25) is 5.95 Å². The van der Waals surface area contributed by atoms with Crippen LogP contribution in [0.15, 0.2) is 34.2 Å². The molecule has 0 spiro atoms. The van der Waals surface area contributed by atoms with Crippen LogP contribution in [0.1, 0.15) is 0 Å². The standard InChI is InChI=1S/C10H8Cl2N4S/c11-5-1-2-6(12)7(3-5)17-9-4-8(13)15-10(14)16-9/h1-4H,(H4,13,14,15,16). The molecule has 1 aromatic carbocycles. The van der Waals surface area contributed by atoms with E-state index in [1.54, 1.807) is 24.3 Å². The van der Waals surface area contributed by atoms with Crippen molar-refractivity contribution >= 4 is 46.7 Å². The highest BCUT2D eigenvalue weighted by molar-refractivity contribution is 7.99. The number of hydrogen-bond donors (Lipinski definition) is 2. The molecular formula is C10H8Cl2N4S. The highest BCUT2D eigenvalue weighted by atomic mass is 35.5. The zero-order valence-corrected chi connectivity index (χ0v) is 10.9. The molecule has 4 nitrogen and oxygen atoms in total. The van der Waals surface area contributed by atoms with Gasteiger partial charge >= 0.3 is 0 Å². The number of benzene rings is 1. The predicted octanol–water partition coefficient (Wildman–Crippen LogP) is 3.10. The molecule has 0 amide bonds. The largest absolute Gasteiger partial charge is 0.383 e. The van der Waals surface area contributed by atoms with E-state index >= 15 is 0 Å². The number of nitrogens with zero attached hydrogens (tertiary/aromatic N) is 2. The topological polar surface area (TPSA) is 77.8 Å². The Morgan fingerprint density at radius 1 is 1.06 bits per heavy atom. The van der Waals surface area contributed by atoms with E-state index in [1.807, 2.05) is 0 Å². The van der Waals surface area contributed by atoms with Crippen molar-refractivity contribution in [2.24, 2.45) is 0 Å². The fraction of sp³-hybridized carbons (Fsp3) is 0. The van der Waals surface area contributed by atoms with Crippen molar-refractivity contribution in [1.29, 1.82) is 0 Å². The number of halogens is 2. The summed E-state index contributed by atoms with van der Waals surface area (Å²) in [6.07, 6.45) is 0. The summed E-state index contributed by atoms with van der Waals surface area (Å²) in [6.45, 7) is 0. The van der Waals surface area contributed by atoms with Gasteiger partial charge in [0.1, 0.15) is 10.8 Å². The summed E-state index contributed by atoms with van der Waals surface area (Å²) in [6, 6.07) is 6.82. The van der Waals surface area contributed by atoms with E-state index in [1.165, 1.54) is 11.8 Å². The quantitative estimate of drug-likeness (QED) is 0.830. The third-order valence-corrected chi connectivity index (χ3v) is 3.50. The van der Waals surface area contributed by atoms with E-state index in [2.05, 4.69) is 9.97 Å². The van der Waals surface area contributed by atoms with Gasteiger partial charge in [-0.05, 0) is 18.2 Å². The average Bonchev–Trinajstić information content (AvgIpc) is 2.22. The Balaban J connectivity index is 2.34. The average molecular weight is 287 g/mol. The zero-order chi connectivity index (χ0) is 12.4. The second-order valence-electron chi connectivity index (χ2n) is 3.17. The summed E-state index contributed by atoms with van der Waals surface area (Å²) < 4.78 is 0. The SMILES string of the molecule is Nc1cc(Sc2cc(Cl)ccc2Cl)nc(N)n1. The number of hydrogen-bond acceptors (Lipinski definition) is 5. The molecule has 0 unspecified atom stereocenters. The van der Waals surface area contributed by atoms with Crippen LogP contribution in [0.3, 0.4) is 0 Å². The molecule has 1 aromatic heterocycles. The molecule has 0 fully saturated rings. The molecule has 0 atom stereocenters. The highest BCUT2D eigenvalue weighted by Gasteiger charge is 2.06. The monoisotopic (exact) mass is 286 g/mol. The van der Waals surface area contributed by atoms with Gasteiger partial charge in [0.15, 0.2) is 0 Å². The van der Waals surface area contributed by atoms with E-state index in [-0.39, 0.29) is 5.95 Å². The molecule has 0 saturated carbocycles. The lowest BCUT2D eigenvalue weighted by Gasteiger charge is -2.05. The second-order valence-corrected chi connectivity index (χ2v) is 5.07. The number of rotatable bonds is 2. The van der Waals surface area contributed by atoms with Gasteiger partial charge in [-0.25, -0.2) is 4.98 Å². The van der Waals surface area contributed by atoms with Crippen LogP contribution >= 0.6 is 35.0 Å². The van der Waals surface area contributed by atoms with Crippen LogP contribution in [-0.4, -0.2) is 9.97 Å². The van der Waals surface area contributed by atoms with Crippen LogP contribution in [0, 0.1) is 0 Å². The summed E-state index contributed by atoms with van der Waals surface area (Å²) in [5.74, 6) is 0.448. The molecule has 2 aromatic rings. The van der Waals surface area contributed by atoms with Crippen molar-refractivity contribution in [3.63, 3.8) is 0 Å². The summed E-state index contributed by atoms with van der Waals surface area (Å²) in [7, 11) is 0. The van der Waals surface area contributed by atoms with Crippen molar-refractivity contribution in [1.82, 2.24) is 9.97 Å². The van der Waals surface area contributed by atoms with Crippen LogP contribution in [0.5, 0.6) is 0 Å². The molecular weight excluding hydrogens is 279 g/mol. The predicted molar refractivity (Wildman–Crippen MR) is 71.4 cm³/mol. The molecule has 7 heteroatoms. The summed E-state index contributed by atoms with van der Waals surface area (Å²) in [5.41, 5.74) is 11.1. The molecule has 0 bridgehead atoms. The molecule has 0 radical (unpaired) electrons. The first-order valence-electron chi connectivity index (χ1n) is 4.57. The lowest BCUT2D eigenvalue weighted by molar-refractivity contribution is 1.07. The van der Waals surface area contributed by atoms with E-state index in [0.29, 0.717) is 20.9 Å². The fourth-order valence-electron chi connectivity index (χ4n) is 1.18. The van der Waals surface area contributed by atoms with Gasteiger partial charge in [0, 0.05) is 16.0 Å². The first-order valence-corrected chi connectivity index (χ1v) is 6.15. The molecule has 0 aliphatic heterocycles. The van der Waals surface area contributed by atoms with E-state index in [0.717, 1.165) is 4.90 Å². The van der Waals surface area contributed by atoms with E-state index in [4.69, 9.17) is 34.7 Å². The molecule has 0 aliphatic rings. The molecule has 2 rings (SSSR count). The Kier molecular flexibility index (Phi) is 3.61. The smallest absolute Gasteiger partial charge is 0.223 e. The van der Waals surface area contributed by atoms with Crippen molar-refractivity contribution in [3.8, 4) is 0 Å². The summed E-state index contributed by atoms with van der Waals surface area (Å²) in [4.78, 5) is 8.62. The normalized spacial score (nSPS) is 10.5. The van der Waals surface area contributed by atoms with Gasteiger partial charge < -0.3 is 11.5 Å². The minimum Gasteiger partial charge on any atom is -0.383 e. The van der Waals surface area contributed by atoms with E-state index in [9.17, 15) is 0 Å². The molecule has 0 aliphatic carbocycles. The first-order chi connectivity index (χ1) is 8.04. The third-order valence-electron chi connectivity index (χ3n) is 1.85. The van der Waals surface area contributed by atoms with Crippen molar-refractivity contribution in [3.05, 3.63) is 34.3 Å². The maximum atomic E-state index is 6.04. The Bertz CT molecular complexity index is 542. The maximum Gasteiger partial charge on any atom is 0.223 e. The van der Waals surface area contributed by atoms with Crippen LogP contribution < -0.4 is 11.5 Å². The van der Waals surface area contributed by atoms with Crippen LogP contribution in [-0.2, 0) is 0 Å². The minimum atomic E-state index is 0.130. The lowest BCUT2D eigenvalue weighted by Crippen LogP contribution is -1.99. The lowest BCUT2D eigenvalue weighted by atomic mass is 10.4. The first kappa shape index (κ1) is 12.3. The minimum absolute atomic E-state index is 0.130. The molecule has 0 saturated heterocycles. The fourth-order valence-corrected chi connectivity index (χ4v) is 2.55. The Morgan fingerprint density at radius 3 is 2.53 bits per heavy atom. The Hall–Kier alpha value is -1.17. The van der Waals surface area contributed by atoms with Gasteiger partial charge in [-0.15, -0.1) is 0 Å². The highest BCUT2D eigenvalue weighted by Crippen LogP contribution is 2.34. The number of aromatic nitrogens is 2. The molecule has 17 heavy (non-hydrogen) atoms. The molecule has 1 heterocycles. The number of nitrogens with two attached hydrogens (primary N) is 2. The van der Waals surface area contributed by atoms with Gasteiger partial charge in [-0.1, -0.05) is 35.0 Å². The summed E-state index contributed by atoms with van der Waals surface area (Å²) in [5, 5.41) is 1.82. The van der Waals surface area contributed by atoms with Crippen LogP contribution in [0.2, 0.25) is 10.0 Å². The zero-order valence-electron chi connectivity index (χ0n) is 8.52. The second kappa shape index (κ2) is 5.00. The van der Waals surface area contributed by atoms with Crippen molar-refractivity contribution in [2.45, 2.75) is 9.92 Å². The van der Waals surface area contributed by atoms with Crippen LogP contribution in [0.4, 0.5) is 11.8 Å². The van der Waals surface area contributed by atoms with Gasteiger partial charge in [0.25, 0.3) is 0 Å². The summed E-state index contributed by atoms with van der Waals surface area (Å²) >= 11 is 13.3.